The van der Waals surface area contributed by atoms with Gasteiger partial charge >= 0.3 is 6.18 Å². The molecule has 1 fully saturated rings. The number of halogens is 3. The van der Waals surface area contributed by atoms with Crippen LogP contribution in [0.4, 0.5) is 13.2 Å². The average molecular weight is 184 g/mol. The lowest BCUT2D eigenvalue weighted by Crippen LogP contribution is -2.50. The minimum Gasteiger partial charge on any atom is -0.351 e. The predicted octanol–water partition coefficient (Wildman–Crippen LogP) is 1.95. The van der Waals surface area contributed by atoms with Gasteiger partial charge in [-0.3, -0.25) is 0 Å². The van der Waals surface area contributed by atoms with E-state index in [2.05, 4.69) is 4.74 Å². The third kappa shape index (κ3) is 2.35. The summed E-state index contributed by atoms with van der Waals surface area (Å²) in [6.45, 7) is 2.83. The van der Waals surface area contributed by atoms with E-state index >= 15 is 0 Å². The van der Waals surface area contributed by atoms with E-state index < -0.39 is 19.1 Å². The molecule has 0 bridgehead atoms. The van der Waals surface area contributed by atoms with Crippen molar-refractivity contribution in [1.29, 1.82) is 0 Å². The van der Waals surface area contributed by atoms with E-state index in [1.165, 1.54) is 0 Å². The molecular weight excluding hydrogens is 173 g/mol. The van der Waals surface area contributed by atoms with Gasteiger partial charge in [0.25, 0.3) is 0 Å². The quantitative estimate of drug-likeness (QED) is 0.653. The molecular formula is C7H11F3O2. The molecule has 1 rings (SSSR count). The molecule has 0 aromatic heterocycles. The molecule has 1 unspecified atom stereocenters. The SMILES string of the molecule is CC1(C)COC1OCC(F)(F)F. The summed E-state index contributed by atoms with van der Waals surface area (Å²) in [5.74, 6) is 0. The second-order valence-corrected chi connectivity index (χ2v) is 3.56. The van der Waals surface area contributed by atoms with E-state index in [4.69, 9.17) is 4.74 Å². The normalized spacial score (nSPS) is 28.2. The monoisotopic (exact) mass is 184 g/mol. The number of alkyl halides is 3. The highest BCUT2D eigenvalue weighted by Crippen LogP contribution is 2.35. The lowest BCUT2D eigenvalue weighted by Gasteiger charge is -2.43. The largest absolute Gasteiger partial charge is 0.411 e. The second kappa shape index (κ2) is 2.88. The number of ether oxygens (including phenoxy) is 2. The first-order valence-electron chi connectivity index (χ1n) is 3.61. The van der Waals surface area contributed by atoms with Crippen LogP contribution < -0.4 is 0 Å². The molecule has 0 radical (unpaired) electrons. The molecule has 0 aromatic carbocycles. The Hall–Kier alpha value is -0.290. The standard InChI is InChI=1S/C7H11F3O2/c1-6(2)3-11-5(6)12-4-7(8,9)10/h5H,3-4H2,1-2H3. The molecule has 72 valence electrons. The van der Waals surface area contributed by atoms with Crippen molar-refractivity contribution in [2.75, 3.05) is 13.2 Å². The second-order valence-electron chi connectivity index (χ2n) is 3.56. The van der Waals surface area contributed by atoms with Crippen molar-refractivity contribution in [3.05, 3.63) is 0 Å². The van der Waals surface area contributed by atoms with Gasteiger partial charge in [-0.25, -0.2) is 0 Å². The van der Waals surface area contributed by atoms with Crippen molar-refractivity contribution in [1.82, 2.24) is 0 Å². The van der Waals surface area contributed by atoms with E-state index in [1.54, 1.807) is 13.8 Å². The third-order valence-electron chi connectivity index (χ3n) is 1.64. The van der Waals surface area contributed by atoms with Crippen molar-refractivity contribution in [2.24, 2.45) is 5.41 Å². The van der Waals surface area contributed by atoms with Crippen LogP contribution in [0.1, 0.15) is 13.8 Å². The summed E-state index contributed by atoms with van der Waals surface area (Å²) < 4.78 is 44.3. The molecule has 0 saturated carbocycles. The predicted molar refractivity (Wildman–Crippen MR) is 35.5 cm³/mol. The fraction of sp³-hybridized carbons (Fsp3) is 1.00. The van der Waals surface area contributed by atoms with Crippen molar-refractivity contribution in [2.45, 2.75) is 26.3 Å². The van der Waals surface area contributed by atoms with Gasteiger partial charge < -0.3 is 9.47 Å². The highest BCUT2D eigenvalue weighted by Gasteiger charge is 2.43. The Bertz CT molecular complexity index is 165. The van der Waals surface area contributed by atoms with E-state index in [0.29, 0.717) is 6.61 Å². The van der Waals surface area contributed by atoms with Gasteiger partial charge in [0.15, 0.2) is 6.29 Å². The first-order valence-corrected chi connectivity index (χ1v) is 3.61. The fourth-order valence-electron chi connectivity index (χ4n) is 0.929. The van der Waals surface area contributed by atoms with E-state index in [1.807, 2.05) is 0 Å². The van der Waals surface area contributed by atoms with E-state index in [9.17, 15) is 13.2 Å². The molecule has 0 aromatic rings. The van der Waals surface area contributed by atoms with Crippen LogP contribution in [0.3, 0.4) is 0 Å². The smallest absolute Gasteiger partial charge is 0.351 e. The van der Waals surface area contributed by atoms with Crippen molar-refractivity contribution in [3.63, 3.8) is 0 Å². The van der Waals surface area contributed by atoms with Crippen LogP contribution in [0.25, 0.3) is 0 Å². The molecule has 0 spiro atoms. The summed E-state index contributed by atoms with van der Waals surface area (Å²) in [5, 5.41) is 0. The Kier molecular flexibility index (Phi) is 2.35. The summed E-state index contributed by atoms with van der Waals surface area (Å²) in [6.07, 6.45) is -4.98. The van der Waals surface area contributed by atoms with Crippen LogP contribution in [0.15, 0.2) is 0 Å². The van der Waals surface area contributed by atoms with E-state index in [0.717, 1.165) is 0 Å². The zero-order chi connectivity index (χ0) is 9.41. The number of rotatable bonds is 2. The summed E-state index contributed by atoms with van der Waals surface area (Å²) >= 11 is 0. The molecule has 1 saturated heterocycles. The Morgan fingerprint density at radius 1 is 1.50 bits per heavy atom. The van der Waals surface area contributed by atoms with Crippen molar-refractivity contribution in [3.8, 4) is 0 Å². The molecule has 1 atom stereocenters. The van der Waals surface area contributed by atoms with Gasteiger partial charge in [-0.1, -0.05) is 13.8 Å². The highest BCUT2D eigenvalue weighted by molar-refractivity contribution is 4.80. The maximum Gasteiger partial charge on any atom is 0.411 e. The highest BCUT2D eigenvalue weighted by atomic mass is 19.4. The maximum absolute atomic E-state index is 11.6. The molecule has 1 aliphatic rings. The third-order valence-corrected chi connectivity index (χ3v) is 1.64. The Labute approximate surface area is 68.6 Å². The minimum absolute atomic E-state index is 0.286. The van der Waals surface area contributed by atoms with Crippen molar-refractivity contribution >= 4 is 0 Å². The molecule has 0 amide bonds. The van der Waals surface area contributed by atoms with Crippen molar-refractivity contribution < 1.29 is 22.6 Å². The van der Waals surface area contributed by atoms with Gasteiger partial charge in [0.05, 0.1) is 6.61 Å². The first-order chi connectivity index (χ1) is 5.31. The summed E-state index contributed by atoms with van der Waals surface area (Å²) in [5.41, 5.74) is -0.286. The van der Waals surface area contributed by atoms with Crippen LogP contribution in [-0.4, -0.2) is 25.7 Å². The molecule has 1 aliphatic heterocycles. The summed E-state index contributed by atoms with van der Waals surface area (Å²) in [4.78, 5) is 0. The first kappa shape index (κ1) is 9.80. The number of hydrogen-bond acceptors (Lipinski definition) is 2. The lowest BCUT2D eigenvalue weighted by molar-refractivity contribution is -0.322. The molecule has 0 aliphatic carbocycles. The van der Waals surface area contributed by atoms with Crippen LogP contribution in [0.5, 0.6) is 0 Å². The molecule has 12 heavy (non-hydrogen) atoms. The average Bonchev–Trinajstić information content (AvgIpc) is 1.83. The van der Waals surface area contributed by atoms with Crippen LogP contribution in [0, 0.1) is 5.41 Å². The Morgan fingerprint density at radius 2 is 2.08 bits per heavy atom. The van der Waals surface area contributed by atoms with E-state index in [-0.39, 0.29) is 5.41 Å². The van der Waals surface area contributed by atoms with Gasteiger partial charge in [-0.05, 0) is 0 Å². The van der Waals surface area contributed by atoms with Gasteiger partial charge in [0, 0.05) is 5.41 Å². The summed E-state index contributed by atoms with van der Waals surface area (Å²) in [6, 6.07) is 0. The zero-order valence-electron chi connectivity index (χ0n) is 6.94. The molecule has 0 N–H and O–H groups in total. The van der Waals surface area contributed by atoms with Gasteiger partial charge in [0.1, 0.15) is 6.61 Å². The topological polar surface area (TPSA) is 18.5 Å². The molecule has 1 heterocycles. The van der Waals surface area contributed by atoms with Gasteiger partial charge in [-0.2, -0.15) is 13.2 Å². The molecule has 5 heteroatoms. The van der Waals surface area contributed by atoms with Gasteiger partial charge in [0.2, 0.25) is 0 Å². The summed E-state index contributed by atoms with van der Waals surface area (Å²) in [7, 11) is 0. The van der Waals surface area contributed by atoms with Crippen LogP contribution in [-0.2, 0) is 9.47 Å². The lowest BCUT2D eigenvalue weighted by atomic mass is 9.89. The fourth-order valence-corrected chi connectivity index (χ4v) is 0.929. The minimum atomic E-state index is -4.27. The maximum atomic E-state index is 11.6. The Morgan fingerprint density at radius 3 is 2.33 bits per heavy atom. The van der Waals surface area contributed by atoms with Gasteiger partial charge in [-0.15, -0.1) is 0 Å². The van der Waals surface area contributed by atoms with Crippen LogP contribution >= 0.6 is 0 Å². The zero-order valence-corrected chi connectivity index (χ0v) is 6.94. The molecule has 2 nitrogen and oxygen atoms in total. The van der Waals surface area contributed by atoms with Crippen LogP contribution in [0.2, 0.25) is 0 Å². The number of hydrogen-bond donors (Lipinski definition) is 0. The Balaban J connectivity index is 2.25.